The summed E-state index contributed by atoms with van der Waals surface area (Å²) >= 11 is 1.06. The normalized spacial score (nSPS) is 17.3. The van der Waals surface area contributed by atoms with Gasteiger partial charge in [-0.2, -0.15) is 0 Å². The second-order valence-corrected chi connectivity index (χ2v) is 9.85. The van der Waals surface area contributed by atoms with Crippen molar-refractivity contribution in [2.24, 2.45) is 0 Å². The van der Waals surface area contributed by atoms with E-state index >= 15 is 0 Å². The van der Waals surface area contributed by atoms with E-state index in [2.05, 4.69) is 32.2 Å². The molecule has 6 nitrogen and oxygen atoms in total. The number of rotatable bonds is 6. The van der Waals surface area contributed by atoms with Crippen molar-refractivity contribution < 1.29 is 13.6 Å². The Balaban J connectivity index is 1.22. The van der Waals surface area contributed by atoms with Crippen LogP contribution < -0.4 is 16.0 Å². The van der Waals surface area contributed by atoms with Gasteiger partial charge < -0.3 is 20.9 Å². The summed E-state index contributed by atoms with van der Waals surface area (Å²) in [5.74, 6) is -2.16. The predicted molar refractivity (Wildman–Crippen MR) is 132 cm³/mol. The van der Waals surface area contributed by atoms with E-state index in [1.165, 1.54) is 44.5 Å². The molecule has 5 rings (SSSR count). The molecule has 2 aliphatic rings. The van der Waals surface area contributed by atoms with Crippen LogP contribution in [0.15, 0.2) is 42.5 Å². The van der Waals surface area contributed by atoms with Crippen molar-refractivity contribution >= 4 is 39.4 Å². The molecule has 34 heavy (non-hydrogen) atoms. The average Bonchev–Trinajstić information content (AvgIpc) is 3.49. The zero-order valence-corrected chi connectivity index (χ0v) is 19.6. The number of hydrogen-bond donors (Lipinski definition) is 2. The SMILES string of the molecule is Nc1nc(Nc2ccc(N3CCC(N4CCCC4)CC3)cc2)sc1C(=O)c1cc(F)cc(F)c1. The molecule has 1 aromatic heterocycles. The molecule has 2 saturated heterocycles. The van der Waals surface area contributed by atoms with Crippen molar-refractivity contribution in [2.75, 3.05) is 42.1 Å². The lowest BCUT2D eigenvalue weighted by atomic mass is 10.0. The lowest BCUT2D eigenvalue weighted by Gasteiger charge is -2.37. The molecule has 0 radical (unpaired) electrons. The van der Waals surface area contributed by atoms with Crippen LogP contribution in [0.1, 0.15) is 40.9 Å². The summed E-state index contributed by atoms with van der Waals surface area (Å²) in [6.07, 6.45) is 5.06. The molecule has 0 unspecified atom stereocenters. The van der Waals surface area contributed by atoms with Crippen molar-refractivity contribution in [3.05, 3.63) is 64.5 Å². The highest BCUT2D eigenvalue weighted by Gasteiger charge is 2.26. The van der Waals surface area contributed by atoms with Gasteiger partial charge in [0.05, 0.1) is 0 Å². The third-order valence-corrected chi connectivity index (χ3v) is 7.57. The largest absolute Gasteiger partial charge is 0.382 e. The predicted octanol–water partition coefficient (Wildman–Crippen LogP) is 5.04. The number of carbonyl (C=O) groups excluding carboxylic acids is 1. The second kappa shape index (κ2) is 9.68. The van der Waals surface area contributed by atoms with Gasteiger partial charge in [-0.15, -0.1) is 0 Å². The van der Waals surface area contributed by atoms with E-state index in [9.17, 15) is 13.6 Å². The Morgan fingerprint density at radius 3 is 2.29 bits per heavy atom. The van der Waals surface area contributed by atoms with Gasteiger partial charge in [0, 0.05) is 42.1 Å². The van der Waals surface area contributed by atoms with Gasteiger partial charge in [-0.25, -0.2) is 13.8 Å². The summed E-state index contributed by atoms with van der Waals surface area (Å²) < 4.78 is 27.0. The molecule has 3 heterocycles. The Labute approximate surface area is 201 Å². The number of piperidine rings is 1. The van der Waals surface area contributed by atoms with Crippen LogP contribution in [0.4, 0.5) is 31.1 Å². The van der Waals surface area contributed by atoms with Crippen LogP contribution in [0, 0.1) is 11.6 Å². The van der Waals surface area contributed by atoms with Crippen LogP contribution in [-0.2, 0) is 0 Å². The molecule has 0 spiro atoms. The summed E-state index contributed by atoms with van der Waals surface area (Å²) in [5.41, 5.74) is 7.84. The Morgan fingerprint density at radius 2 is 1.65 bits per heavy atom. The third-order valence-electron chi connectivity index (χ3n) is 6.59. The van der Waals surface area contributed by atoms with Crippen molar-refractivity contribution in [1.29, 1.82) is 0 Å². The number of ketones is 1. The molecule has 0 saturated carbocycles. The number of carbonyl (C=O) groups is 1. The number of anilines is 4. The molecule has 9 heteroatoms. The first-order valence-corrected chi connectivity index (χ1v) is 12.4. The van der Waals surface area contributed by atoms with Crippen LogP contribution in [0.5, 0.6) is 0 Å². The number of nitrogens with one attached hydrogen (secondary N) is 1. The van der Waals surface area contributed by atoms with Crippen LogP contribution in [0.2, 0.25) is 0 Å². The Bertz CT molecular complexity index is 1150. The van der Waals surface area contributed by atoms with Gasteiger partial charge in [-0.3, -0.25) is 4.79 Å². The number of halogens is 2. The average molecular weight is 484 g/mol. The highest BCUT2D eigenvalue weighted by molar-refractivity contribution is 7.18. The first-order valence-electron chi connectivity index (χ1n) is 11.6. The first-order chi connectivity index (χ1) is 16.5. The molecule has 2 aromatic carbocycles. The van der Waals surface area contributed by atoms with Gasteiger partial charge in [0.1, 0.15) is 22.3 Å². The monoisotopic (exact) mass is 483 g/mol. The standard InChI is InChI=1S/C25H27F2N5OS/c26-17-13-16(14-18(27)15-17)22(33)23-24(28)30-25(34-23)29-19-3-5-20(6-4-19)32-11-7-21(8-12-32)31-9-1-2-10-31/h3-6,13-15,21H,1-2,7-12,28H2,(H,29,30). The Morgan fingerprint density at radius 1 is 1.00 bits per heavy atom. The van der Waals surface area contributed by atoms with E-state index in [0.717, 1.165) is 54.4 Å². The molecule has 0 bridgehead atoms. The van der Waals surface area contributed by atoms with E-state index in [-0.39, 0.29) is 16.3 Å². The van der Waals surface area contributed by atoms with Crippen LogP contribution in [-0.4, -0.2) is 47.9 Å². The van der Waals surface area contributed by atoms with E-state index in [1.54, 1.807) is 0 Å². The van der Waals surface area contributed by atoms with Crippen LogP contribution in [0.3, 0.4) is 0 Å². The molecular formula is C25H27F2N5OS. The third kappa shape index (κ3) is 4.90. The quantitative estimate of drug-likeness (QED) is 0.479. The van der Waals surface area contributed by atoms with E-state index < -0.39 is 17.4 Å². The number of aromatic nitrogens is 1. The second-order valence-electron chi connectivity index (χ2n) is 8.85. The van der Waals surface area contributed by atoms with E-state index in [1.807, 2.05) is 12.1 Å². The van der Waals surface area contributed by atoms with Gasteiger partial charge in [0.2, 0.25) is 5.78 Å². The smallest absolute Gasteiger partial charge is 0.207 e. The van der Waals surface area contributed by atoms with Gasteiger partial charge in [0.25, 0.3) is 0 Å². The molecular weight excluding hydrogens is 456 g/mol. The molecule has 3 aromatic rings. The summed E-state index contributed by atoms with van der Waals surface area (Å²) in [6.45, 7) is 4.61. The van der Waals surface area contributed by atoms with Gasteiger partial charge in [-0.1, -0.05) is 11.3 Å². The lowest BCUT2D eigenvalue weighted by molar-refractivity contribution is 0.104. The Hall–Kier alpha value is -3.04. The molecule has 2 fully saturated rings. The zero-order chi connectivity index (χ0) is 23.7. The number of nitrogens with zero attached hydrogens (tertiary/aromatic N) is 3. The molecule has 0 atom stereocenters. The lowest BCUT2D eigenvalue weighted by Crippen LogP contribution is -2.43. The number of benzene rings is 2. The summed E-state index contributed by atoms with van der Waals surface area (Å²) in [7, 11) is 0. The summed E-state index contributed by atoms with van der Waals surface area (Å²) in [5, 5.41) is 3.61. The fourth-order valence-corrected chi connectivity index (χ4v) is 5.71. The minimum atomic E-state index is -0.815. The molecule has 178 valence electrons. The highest BCUT2D eigenvalue weighted by Crippen LogP contribution is 2.31. The number of nitrogens with two attached hydrogens (primary N) is 1. The first kappa shape index (κ1) is 22.7. The fraction of sp³-hybridized carbons (Fsp3) is 0.360. The minimum Gasteiger partial charge on any atom is -0.382 e. The summed E-state index contributed by atoms with van der Waals surface area (Å²) in [6, 6.07) is 11.5. The molecule has 2 aliphatic heterocycles. The Kier molecular flexibility index (Phi) is 6.47. The number of hydrogen-bond acceptors (Lipinski definition) is 7. The van der Waals surface area contributed by atoms with Crippen molar-refractivity contribution in [2.45, 2.75) is 31.7 Å². The minimum absolute atomic E-state index is 0.0275. The fourth-order valence-electron chi connectivity index (χ4n) is 4.84. The van der Waals surface area contributed by atoms with Gasteiger partial charge >= 0.3 is 0 Å². The van der Waals surface area contributed by atoms with Crippen molar-refractivity contribution in [3.63, 3.8) is 0 Å². The number of likely N-dealkylation sites (tertiary alicyclic amines) is 1. The number of nitrogen functional groups attached to an aromatic ring is 1. The van der Waals surface area contributed by atoms with Crippen molar-refractivity contribution in [1.82, 2.24) is 9.88 Å². The maximum absolute atomic E-state index is 13.5. The van der Waals surface area contributed by atoms with Crippen LogP contribution >= 0.6 is 11.3 Å². The molecule has 3 N–H and O–H groups in total. The molecule has 0 amide bonds. The van der Waals surface area contributed by atoms with Gasteiger partial charge in [-0.05, 0) is 75.2 Å². The number of thiazole rings is 1. The topological polar surface area (TPSA) is 74.5 Å². The molecule has 0 aliphatic carbocycles. The van der Waals surface area contributed by atoms with Crippen LogP contribution in [0.25, 0.3) is 0 Å². The van der Waals surface area contributed by atoms with Crippen molar-refractivity contribution in [3.8, 4) is 0 Å². The highest BCUT2D eigenvalue weighted by atomic mass is 32.1. The zero-order valence-electron chi connectivity index (χ0n) is 18.8. The summed E-state index contributed by atoms with van der Waals surface area (Å²) in [4.78, 5) is 22.1. The van der Waals surface area contributed by atoms with Gasteiger partial charge in [0.15, 0.2) is 5.13 Å². The van der Waals surface area contributed by atoms with E-state index in [0.29, 0.717) is 5.13 Å². The van der Waals surface area contributed by atoms with E-state index in [4.69, 9.17) is 5.73 Å². The maximum atomic E-state index is 13.5. The maximum Gasteiger partial charge on any atom is 0.207 e.